The van der Waals surface area contributed by atoms with Crippen molar-refractivity contribution in [3.05, 3.63) is 93.8 Å². The van der Waals surface area contributed by atoms with E-state index in [1.165, 1.54) is 30.3 Å². The van der Waals surface area contributed by atoms with Crippen LogP contribution < -0.4 is 11.1 Å². The Hall–Kier alpha value is -4.53. The molecule has 0 saturated carbocycles. The molecule has 0 aliphatic carbocycles. The first-order valence-electron chi connectivity index (χ1n) is 8.93. The molecule has 0 aliphatic rings. The predicted molar refractivity (Wildman–Crippen MR) is 128 cm³/mol. The van der Waals surface area contributed by atoms with Crippen LogP contribution in [0.3, 0.4) is 0 Å². The topological polar surface area (TPSA) is 97.2 Å². The average Bonchev–Trinajstić information content (AvgIpc) is 3.10. The first kappa shape index (κ1) is 24.7. The second-order valence-electron chi connectivity index (χ2n) is 6.36. The van der Waals surface area contributed by atoms with Gasteiger partial charge < -0.3 is 20.6 Å². The van der Waals surface area contributed by atoms with Crippen molar-refractivity contribution in [2.45, 2.75) is 7.43 Å². The number of nitrogen functional groups attached to an aromatic ring is 1. The van der Waals surface area contributed by atoms with Gasteiger partial charge in [0.15, 0.2) is 17.7 Å². The van der Waals surface area contributed by atoms with Crippen LogP contribution in [0.1, 0.15) is 17.8 Å². The summed E-state index contributed by atoms with van der Waals surface area (Å²) in [5, 5.41) is 12.9. The number of rotatable bonds is 3. The molecule has 166 valence electrons. The number of nitrogens with two attached hydrogens (primary N) is 1. The highest BCUT2D eigenvalue weighted by Gasteiger charge is 2.13. The number of carbonyl (C=O) groups excluding carboxylic acids is 1. The van der Waals surface area contributed by atoms with E-state index in [1.807, 2.05) is 0 Å². The van der Waals surface area contributed by atoms with Gasteiger partial charge in [-0.15, -0.1) is 0 Å². The number of halogens is 2. The standard InChI is InChI=1S/C15H9ClFN3O.C8H5NO2.CH4/c1-19-8-2-4-10-13(7-8)21-15(18)14(10)20-9-3-5-12(17)11(16)6-9;1-9-7-3-2-6(5-10)8(11)4-7;/h2-7,20H,18H2;2-5,11H;1H4. The summed E-state index contributed by atoms with van der Waals surface area (Å²) in [7, 11) is 0. The van der Waals surface area contributed by atoms with Gasteiger partial charge >= 0.3 is 0 Å². The van der Waals surface area contributed by atoms with E-state index >= 15 is 0 Å². The van der Waals surface area contributed by atoms with Crippen LogP contribution in [0, 0.1) is 19.0 Å². The molecule has 0 radical (unpaired) electrons. The van der Waals surface area contributed by atoms with Gasteiger partial charge in [0, 0.05) is 11.1 Å². The summed E-state index contributed by atoms with van der Waals surface area (Å²) in [6, 6.07) is 13.5. The summed E-state index contributed by atoms with van der Waals surface area (Å²) in [5.41, 5.74) is 8.50. The summed E-state index contributed by atoms with van der Waals surface area (Å²) in [6.45, 7) is 13.6. The molecule has 4 aromatic rings. The van der Waals surface area contributed by atoms with Gasteiger partial charge in [-0.2, -0.15) is 0 Å². The van der Waals surface area contributed by atoms with E-state index in [0.717, 1.165) is 5.39 Å². The summed E-state index contributed by atoms with van der Waals surface area (Å²) >= 11 is 5.75. The molecular weight excluding hydrogens is 447 g/mol. The summed E-state index contributed by atoms with van der Waals surface area (Å²) < 4.78 is 18.6. The van der Waals surface area contributed by atoms with E-state index in [9.17, 15) is 9.18 Å². The number of fused-ring (bicyclic) bond motifs is 1. The van der Waals surface area contributed by atoms with E-state index in [2.05, 4.69) is 15.0 Å². The number of nitrogens with one attached hydrogen (secondary N) is 1. The van der Waals surface area contributed by atoms with Crippen LogP contribution in [0.5, 0.6) is 5.75 Å². The minimum Gasteiger partial charge on any atom is -0.509 e. The third-order valence-corrected chi connectivity index (χ3v) is 4.58. The summed E-state index contributed by atoms with van der Waals surface area (Å²) in [6.07, 6.45) is 0.545. The van der Waals surface area contributed by atoms with Crippen molar-refractivity contribution in [1.29, 1.82) is 0 Å². The van der Waals surface area contributed by atoms with Gasteiger partial charge in [-0.3, -0.25) is 4.79 Å². The minimum atomic E-state index is -0.492. The third-order valence-electron chi connectivity index (χ3n) is 4.29. The largest absolute Gasteiger partial charge is 0.509 e. The Labute approximate surface area is 194 Å². The van der Waals surface area contributed by atoms with Gasteiger partial charge in [0.05, 0.1) is 23.7 Å². The number of aldehydes is 1. The molecule has 0 unspecified atom stereocenters. The highest BCUT2D eigenvalue weighted by atomic mass is 35.5. The zero-order valence-electron chi connectivity index (χ0n) is 16.3. The molecule has 0 atom stereocenters. The predicted octanol–water partition coefficient (Wildman–Crippen LogP) is 7.49. The van der Waals surface area contributed by atoms with Crippen molar-refractivity contribution in [2.24, 2.45) is 0 Å². The molecule has 0 aliphatic heterocycles. The number of nitrogens with zero attached hydrogens (tertiary/aromatic N) is 2. The zero-order valence-corrected chi connectivity index (χ0v) is 17.0. The zero-order chi connectivity index (χ0) is 23.3. The molecule has 9 heteroatoms. The van der Waals surface area contributed by atoms with Crippen LogP contribution in [-0.2, 0) is 0 Å². The number of carbonyl (C=O) groups is 1. The van der Waals surface area contributed by atoms with E-state index in [0.29, 0.717) is 34.6 Å². The average molecular weight is 465 g/mol. The highest BCUT2D eigenvalue weighted by Crippen LogP contribution is 2.37. The number of phenolic OH excluding ortho intramolecular Hbond substituents is 1. The second kappa shape index (κ2) is 10.7. The van der Waals surface area contributed by atoms with Gasteiger partial charge in [0.1, 0.15) is 22.8 Å². The quantitative estimate of drug-likeness (QED) is 0.215. The lowest BCUT2D eigenvalue weighted by Gasteiger charge is -2.06. The summed E-state index contributed by atoms with van der Waals surface area (Å²) in [5.74, 6) is -0.449. The molecule has 7 nitrogen and oxygen atoms in total. The number of aromatic hydroxyl groups is 1. The van der Waals surface area contributed by atoms with E-state index in [4.69, 9.17) is 40.0 Å². The van der Waals surface area contributed by atoms with Gasteiger partial charge in [0.2, 0.25) is 5.88 Å². The Balaban J connectivity index is 0.000000274. The number of anilines is 3. The molecule has 3 aromatic carbocycles. The number of hydrogen-bond acceptors (Lipinski definition) is 5. The van der Waals surface area contributed by atoms with Crippen LogP contribution in [-0.4, -0.2) is 11.4 Å². The van der Waals surface area contributed by atoms with Gasteiger partial charge in [-0.05, 0) is 30.3 Å². The van der Waals surface area contributed by atoms with Crippen LogP contribution in [0.25, 0.3) is 20.7 Å². The highest BCUT2D eigenvalue weighted by molar-refractivity contribution is 6.31. The molecule has 0 amide bonds. The number of benzene rings is 3. The first-order chi connectivity index (χ1) is 15.4. The molecule has 0 saturated heterocycles. The molecule has 0 spiro atoms. The van der Waals surface area contributed by atoms with Crippen LogP contribution >= 0.6 is 11.6 Å². The van der Waals surface area contributed by atoms with Crippen molar-refractivity contribution in [3.8, 4) is 5.75 Å². The molecule has 4 N–H and O–H groups in total. The van der Waals surface area contributed by atoms with E-state index < -0.39 is 5.82 Å². The smallest absolute Gasteiger partial charge is 0.215 e. The Morgan fingerprint density at radius 2 is 1.73 bits per heavy atom. The monoisotopic (exact) mass is 464 g/mol. The lowest BCUT2D eigenvalue weighted by molar-refractivity contribution is 0.112. The fourth-order valence-corrected chi connectivity index (χ4v) is 2.90. The van der Waals surface area contributed by atoms with Gasteiger partial charge in [-0.25, -0.2) is 14.1 Å². The van der Waals surface area contributed by atoms with Gasteiger partial charge in [0.25, 0.3) is 0 Å². The maximum atomic E-state index is 13.2. The SMILES string of the molecule is C.[C-]#[N+]c1ccc(C=O)c(O)c1.[C-]#[N+]c1ccc2c(Nc3ccc(F)c(Cl)c3)c(N)oc2c1. The Bertz CT molecular complexity index is 1400. The minimum absolute atomic E-state index is 0. The molecule has 4 rings (SSSR count). The van der Waals surface area contributed by atoms with Crippen molar-refractivity contribution in [3.63, 3.8) is 0 Å². The lowest BCUT2D eigenvalue weighted by atomic mass is 10.2. The van der Waals surface area contributed by atoms with Gasteiger partial charge in [-0.1, -0.05) is 43.3 Å². The van der Waals surface area contributed by atoms with Crippen molar-refractivity contribution in [2.75, 3.05) is 11.1 Å². The van der Waals surface area contributed by atoms with Crippen LogP contribution in [0.4, 0.5) is 33.0 Å². The normalized spacial score (nSPS) is 9.58. The molecule has 0 bridgehead atoms. The number of phenols is 1. The Kier molecular flexibility index (Phi) is 8.00. The number of hydrogen-bond donors (Lipinski definition) is 3. The molecule has 33 heavy (non-hydrogen) atoms. The third kappa shape index (κ3) is 5.59. The van der Waals surface area contributed by atoms with Crippen LogP contribution in [0.15, 0.2) is 59.0 Å². The summed E-state index contributed by atoms with van der Waals surface area (Å²) in [4.78, 5) is 16.6. The molecule has 1 heterocycles. The molecular formula is C24H18ClFN4O3. The molecule has 0 fully saturated rings. The van der Waals surface area contributed by atoms with Crippen molar-refractivity contribution < 1.29 is 18.7 Å². The lowest BCUT2D eigenvalue weighted by Crippen LogP contribution is -1.94. The van der Waals surface area contributed by atoms with Crippen LogP contribution in [0.2, 0.25) is 5.02 Å². The first-order valence-corrected chi connectivity index (χ1v) is 9.31. The van der Waals surface area contributed by atoms with Crippen molar-refractivity contribution >= 4 is 57.5 Å². The molecule has 1 aromatic heterocycles. The fourth-order valence-electron chi connectivity index (χ4n) is 2.72. The second-order valence-corrected chi connectivity index (χ2v) is 6.77. The van der Waals surface area contributed by atoms with E-state index in [1.54, 1.807) is 24.3 Å². The maximum Gasteiger partial charge on any atom is 0.215 e. The fraction of sp³-hybridized carbons (Fsp3) is 0.0417. The van der Waals surface area contributed by atoms with Crippen molar-refractivity contribution in [1.82, 2.24) is 0 Å². The Morgan fingerprint density at radius 1 is 1.06 bits per heavy atom. The van der Waals surface area contributed by atoms with E-state index in [-0.39, 0.29) is 29.6 Å². The maximum absolute atomic E-state index is 13.2. The number of furan rings is 1. The Morgan fingerprint density at radius 3 is 2.33 bits per heavy atom.